The van der Waals surface area contributed by atoms with Crippen LogP contribution in [-0.2, 0) is 11.2 Å². The Hall–Kier alpha value is -2.05. The van der Waals surface area contributed by atoms with E-state index in [4.69, 9.17) is 0 Å². The lowest BCUT2D eigenvalue weighted by molar-refractivity contribution is 0.577. The van der Waals surface area contributed by atoms with E-state index in [1.165, 1.54) is 12.1 Å². The molecule has 2 unspecified atom stereocenters. The first kappa shape index (κ1) is 15.8. The molecule has 0 bridgehead atoms. The van der Waals surface area contributed by atoms with Crippen molar-refractivity contribution < 1.29 is 8.94 Å². The number of aromatic nitrogens is 2. The molecule has 0 aliphatic heterocycles. The minimum atomic E-state index is -1.41. The standard InChI is InChI=1S/C17H18FN3OS/c1-11(13-10-12(18)8-9-16(13)21(2)3)23(22)17-19-14-6-4-5-7-15(14)20-17/h4-11H,1-3H3,(H,19,20). The Bertz CT molecular complexity index is 801. The molecule has 2 aromatic carbocycles. The Morgan fingerprint density at radius 2 is 1.96 bits per heavy atom. The highest BCUT2D eigenvalue weighted by Gasteiger charge is 2.28. The van der Waals surface area contributed by atoms with Gasteiger partial charge in [-0.1, -0.05) is 12.1 Å². The van der Waals surface area contributed by atoms with Gasteiger partial charge in [0.1, 0.15) is 11.1 Å². The first-order chi connectivity index (χ1) is 11.0. The number of halogens is 1. The molecule has 6 heteroatoms. The first-order valence-electron chi connectivity index (χ1n) is 7.29. The number of anilines is 1. The van der Waals surface area contributed by atoms with Crippen LogP contribution in [0.15, 0.2) is 47.6 Å². The van der Waals surface area contributed by atoms with Crippen LogP contribution in [0.4, 0.5) is 10.1 Å². The van der Waals surface area contributed by atoms with Crippen molar-refractivity contribution in [1.29, 1.82) is 0 Å². The highest BCUT2D eigenvalue weighted by atomic mass is 32.2. The third kappa shape index (κ3) is 3.04. The van der Waals surface area contributed by atoms with E-state index < -0.39 is 11.2 Å². The molecule has 3 rings (SSSR count). The van der Waals surface area contributed by atoms with Gasteiger partial charge in [-0.2, -0.15) is 4.98 Å². The molecule has 23 heavy (non-hydrogen) atoms. The zero-order chi connectivity index (χ0) is 16.6. The second-order valence-corrected chi connectivity index (χ2v) is 7.28. The molecular formula is C17H18FN3OS. The highest BCUT2D eigenvalue weighted by Crippen LogP contribution is 2.34. The van der Waals surface area contributed by atoms with Gasteiger partial charge in [-0.05, 0) is 37.3 Å². The lowest BCUT2D eigenvalue weighted by Gasteiger charge is -2.22. The molecule has 1 aromatic heterocycles. The topological polar surface area (TPSA) is 55.0 Å². The van der Waals surface area contributed by atoms with Gasteiger partial charge in [0.05, 0.1) is 11.0 Å². The van der Waals surface area contributed by atoms with Crippen molar-refractivity contribution >= 4 is 27.9 Å². The van der Waals surface area contributed by atoms with Crippen LogP contribution in [0.5, 0.6) is 0 Å². The predicted molar refractivity (Wildman–Crippen MR) is 91.6 cm³/mol. The van der Waals surface area contributed by atoms with Gasteiger partial charge in [-0.15, -0.1) is 0 Å². The molecule has 1 heterocycles. The molecule has 0 aliphatic carbocycles. The van der Waals surface area contributed by atoms with E-state index in [1.807, 2.05) is 50.2 Å². The van der Waals surface area contributed by atoms with Crippen molar-refractivity contribution in [1.82, 2.24) is 9.97 Å². The number of nitrogens with one attached hydrogen (secondary N) is 1. The number of fused-ring (bicyclic) bond motifs is 1. The Kier molecular flexibility index (Phi) is 4.28. The van der Waals surface area contributed by atoms with E-state index in [9.17, 15) is 8.94 Å². The third-order valence-corrected chi connectivity index (χ3v) is 5.26. The van der Waals surface area contributed by atoms with E-state index in [0.717, 1.165) is 16.7 Å². The summed E-state index contributed by atoms with van der Waals surface area (Å²) in [7, 11) is 3.77. The van der Waals surface area contributed by atoms with Crippen LogP contribution in [0.3, 0.4) is 0 Å². The largest absolute Gasteiger partial charge is 0.609 e. The molecule has 0 fully saturated rings. The zero-order valence-electron chi connectivity index (χ0n) is 13.2. The Morgan fingerprint density at radius 3 is 2.65 bits per heavy atom. The molecule has 1 N–H and O–H groups in total. The summed E-state index contributed by atoms with van der Waals surface area (Å²) in [6, 6.07) is 12.1. The minimum absolute atomic E-state index is 0.334. The van der Waals surface area contributed by atoms with E-state index in [-0.39, 0.29) is 11.1 Å². The number of hydrogen-bond acceptors (Lipinski definition) is 3. The SMILES string of the molecule is CC(c1cc(F)ccc1N(C)C)[S+]([O-])c1nc2ccccc2[nH]1. The van der Waals surface area contributed by atoms with E-state index in [2.05, 4.69) is 9.97 Å². The average molecular weight is 331 g/mol. The fourth-order valence-electron chi connectivity index (χ4n) is 2.57. The summed E-state index contributed by atoms with van der Waals surface area (Å²) in [6.45, 7) is 1.82. The monoisotopic (exact) mass is 331 g/mol. The Balaban J connectivity index is 1.99. The van der Waals surface area contributed by atoms with E-state index >= 15 is 0 Å². The molecule has 4 nitrogen and oxygen atoms in total. The highest BCUT2D eigenvalue weighted by molar-refractivity contribution is 7.91. The fourth-order valence-corrected chi connectivity index (χ4v) is 3.72. The lowest BCUT2D eigenvalue weighted by atomic mass is 10.1. The van der Waals surface area contributed by atoms with Crippen molar-refractivity contribution in [3.05, 3.63) is 53.8 Å². The number of hydrogen-bond donors (Lipinski definition) is 1. The number of imidazole rings is 1. The predicted octanol–water partition coefficient (Wildman–Crippen LogP) is 3.64. The molecular weight excluding hydrogens is 313 g/mol. The maximum absolute atomic E-state index is 13.7. The minimum Gasteiger partial charge on any atom is -0.609 e. The summed E-state index contributed by atoms with van der Waals surface area (Å²) >= 11 is -1.41. The summed E-state index contributed by atoms with van der Waals surface area (Å²) in [5, 5.41) is 0.0244. The van der Waals surface area contributed by atoms with Gasteiger partial charge >= 0.3 is 5.16 Å². The van der Waals surface area contributed by atoms with Crippen molar-refractivity contribution in [2.45, 2.75) is 17.3 Å². The maximum atomic E-state index is 13.7. The molecule has 2 atom stereocenters. The van der Waals surface area contributed by atoms with Crippen LogP contribution in [0.1, 0.15) is 17.7 Å². The van der Waals surface area contributed by atoms with Crippen molar-refractivity contribution in [2.24, 2.45) is 0 Å². The molecule has 120 valence electrons. The van der Waals surface area contributed by atoms with Crippen molar-refractivity contribution in [3.8, 4) is 0 Å². The number of aromatic amines is 1. The molecule has 0 radical (unpaired) electrons. The lowest BCUT2D eigenvalue weighted by Crippen LogP contribution is -2.18. The van der Waals surface area contributed by atoms with Gasteiger partial charge in [0, 0.05) is 36.5 Å². The molecule has 0 aliphatic rings. The van der Waals surface area contributed by atoms with E-state index in [0.29, 0.717) is 10.7 Å². The Morgan fingerprint density at radius 1 is 1.22 bits per heavy atom. The second-order valence-electron chi connectivity index (χ2n) is 5.60. The summed E-state index contributed by atoms with van der Waals surface area (Å²) in [4.78, 5) is 9.37. The van der Waals surface area contributed by atoms with Crippen LogP contribution in [-0.4, -0.2) is 28.6 Å². The van der Waals surface area contributed by atoms with Crippen LogP contribution in [0.2, 0.25) is 0 Å². The summed E-state index contributed by atoms with van der Waals surface area (Å²) < 4.78 is 26.5. The maximum Gasteiger partial charge on any atom is 0.322 e. The van der Waals surface area contributed by atoms with Crippen molar-refractivity contribution in [2.75, 3.05) is 19.0 Å². The fraction of sp³-hybridized carbons (Fsp3) is 0.235. The summed E-state index contributed by atoms with van der Waals surface area (Å²) in [6.07, 6.45) is 0. The van der Waals surface area contributed by atoms with Gasteiger partial charge in [0.15, 0.2) is 0 Å². The second kappa shape index (κ2) is 6.22. The Labute approximate surface area is 137 Å². The van der Waals surface area contributed by atoms with Crippen LogP contribution in [0, 0.1) is 5.82 Å². The van der Waals surface area contributed by atoms with E-state index in [1.54, 1.807) is 6.07 Å². The summed E-state index contributed by atoms with van der Waals surface area (Å²) in [5.74, 6) is -0.334. The average Bonchev–Trinajstić information content (AvgIpc) is 2.97. The molecule has 3 aromatic rings. The number of H-pyrrole nitrogens is 1. The van der Waals surface area contributed by atoms with Gasteiger partial charge in [-0.3, -0.25) is 4.98 Å². The van der Waals surface area contributed by atoms with Crippen LogP contribution in [0.25, 0.3) is 11.0 Å². The molecule has 0 saturated carbocycles. The van der Waals surface area contributed by atoms with Gasteiger partial charge in [0.25, 0.3) is 0 Å². The first-order valence-corrected chi connectivity index (χ1v) is 8.51. The quantitative estimate of drug-likeness (QED) is 0.743. The molecule has 0 amide bonds. The normalized spacial score (nSPS) is 14.0. The third-order valence-electron chi connectivity index (χ3n) is 3.79. The van der Waals surface area contributed by atoms with Gasteiger partial charge in [-0.25, -0.2) is 4.39 Å². The van der Waals surface area contributed by atoms with Crippen LogP contribution < -0.4 is 4.90 Å². The van der Waals surface area contributed by atoms with Crippen LogP contribution >= 0.6 is 0 Å². The number of para-hydroxylation sites is 2. The smallest absolute Gasteiger partial charge is 0.322 e. The number of nitrogens with zero attached hydrogens (tertiary/aromatic N) is 2. The van der Waals surface area contributed by atoms with Gasteiger partial charge < -0.3 is 9.45 Å². The number of rotatable bonds is 4. The summed E-state index contributed by atoms with van der Waals surface area (Å²) in [5.41, 5.74) is 3.17. The zero-order valence-corrected chi connectivity index (χ0v) is 14.0. The van der Waals surface area contributed by atoms with Crippen molar-refractivity contribution in [3.63, 3.8) is 0 Å². The molecule has 0 spiro atoms. The number of benzene rings is 2. The molecule has 0 saturated heterocycles. The van der Waals surface area contributed by atoms with Gasteiger partial charge in [0.2, 0.25) is 0 Å².